The second kappa shape index (κ2) is 6.27. The molecule has 0 unspecified atom stereocenters. The van der Waals surface area contributed by atoms with Gasteiger partial charge in [0, 0.05) is 3.57 Å². The van der Waals surface area contributed by atoms with E-state index in [2.05, 4.69) is 5.32 Å². The molecule has 0 heterocycles. The van der Waals surface area contributed by atoms with E-state index in [4.69, 9.17) is 15.8 Å². The van der Waals surface area contributed by atoms with Crippen molar-refractivity contribution in [3.63, 3.8) is 0 Å². The number of benzene rings is 1. The van der Waals surface area contributed by atoms with Crippen LogP contribution in [0.5, 0.6) is 0 Å². The molecule has 0 fully saturated rings. The Labute approximate surface area is 125 Å². The molecule has 20 heavy (non-hydrogen) atoms. The second-order valence-electron chi connectivity index (χ2n) is 3.40. The largest absolute Gasteiger partial charge is 0.416 e. The number of nitrogens with one attached hydrogen (secondary N) is 1. The highest BCUT2D eigenvalue weighted by atomic mass is 127. The summed E-state index contributed by atoms with van der Waals surface area (Å²) in [5.41, 5.74) is -1.37. The molecule has 0 saturated carbocycles. The van der Waals surface area contributed by atoms with Gasteiger partial charge in [0.25, 0.3) is 0 Å². The van der Waals surface area contributed by atoms with Crippen molar-refractivity contribution in [2.24, 2.45) is 0 Å². The number of alkyl halides is 3. The van der Waals surface area contributed by atoms with Gasteiger partial charge in [-0.1, -0.05) is 0 Å². The third-order valence-electron chi connectivity index (χ3n) is 2.14. The highest BCUT2D eigenvalue weighted by Gasteiger charge is 2.30. The lowest BCUT2D eigenvalue weighted by Gasteiger charge is -2.11. The molecule has 0 amide bonds. The second-order valence-corrected chi connectivity index (χ2v) is 4.56. The van der Waals surface area contributed by atoms with Crippen LogP contribution in [-0.2, 0) is 6.18 Å². The number of nitrogens with zero attached hydrogens (tertiary/aromatic N) is 3. The van der Waals surface area contributed by atoms with E-state index >= 15 is 0 Å². The maximum atomic E-state index is 12.5. The van der Waals surface area contributed by atoms with Crippen LogP contribution in [0.25, 0.3) is 0 Å². The van der Waals surface area contributed by atoms with Gasteiger partial charge in [-0.2, -0.15) is 29.0 Å². The Morgan fingerprint density at radius 3 is 2.10 bits per heavy atom. The molecular formula is C12H4F3IN4. The minimum atomic E-state index is -4.46. The van der Waals surface area contributed by atoms with Crippen LogP contribution in [0.15, 0.2) is 29.5 Å². The van der Waals surface area contributed by atoms with Crippen LogP contribution in [0.3, 0.4) is 0 Å². The molecule has 8 heteroatoms. The lowest BCUT2D eigenvalue weighted by molar-refractivity contribution is -0.137. The summed E-state index contributed by atoms with van der Waals surface area (Å²) in [6.07, 6.45) is -4.46. The molecule has 0 bridgehead atoms. The summed E-state index contributed by atoms with van der Waals surface area (Å²) in [7, 11) is 0. The van der Waals surface area contributed by atoms with Crippen LogP contribution in [-0.4, -0.2) is 0 Å². The predicted molar refractivity (Wildman–Crippen MR) is 71.6 cm³/mol. The fourth-order valence-electron chi connectivity index (χ4n) is 1.21. The maximum absolute atomic E-state index is 12.5. The molecule has 0 spiro atoms. The van der Waals surface area contributed by atoms with Gasteiger partial charge < -0.3 is 5.32 Å². The molecule has 1 rings (SSSR count). The zero-order valence-corrected chi connectivity index (χ0v) is 11.7. The van der Waals surface area contributed by atoms with Crippen molar-refractivity contribution in [3.05, 3.63) is 38.6 Å². The van der Waals surface area contributed by atoms with Crippen molar-refractivity contribution in [1.82, 2.24) is 0 Å². The van der Waals surface area contributed by atoms with Gasteiger partial charge in [-0.3, -0.25) is 0 Å². The molecule has 100 valence electrons. The number of rotatable bonds is 2. The maximum Gasteiger partial charge on any atom is 0.416 e. The molecular weight excluding hydrogens is 384 g/mol. The Kier molecular flexibility index (Phi) is 4.95. The molecule has 0 aliphatic heterocycles. The van der Waals surface area contributed by atoms with E-state index in [1.165, 1.54) is 12.1 Å². The van der Waals surface area contributed by atoms with E-state index in [-0.39, 0.29) is 15.0 Å². The third kappa shape index (κ3) is 3.62. The molecule has 0 atom stereocenters. The number of halogens is 4. The summed E-state index contributed by atoms with van der Waals surface area (Å²) in [5, 5.41) is 28.6. The van der Waals surface area contributed by atoms with Crippen LogP contribution >= 0.6 is 22.6 Å². The summed E-state index contributed by atoms with van der Waals surface area (Å²) >= 11 is 1.66. The molecule has 1 aromatic carbocycles. The Morgan fingerprint density at radius 1 is 1.10 bits per heavy atom. The standard InChI is InChI=1S/C12H4F3IN4/c13-12(14,15)8-1-2-10(9(16)3-8)20-11(6-19)7(4-17)5-18/h1-3,20H. The fraction of sp³-hybridized carbons (Fsp3) is 0.0833. The third-order valence-corrected chi connectivity index (χ3v) is 3.03. The van der Waals surface area contributed by atoms with E-state index in [0.29, 0.717) is 0 Å². The first kappa shape index (κ1) is 15.8. The molecule has 0 saturated heterocycles. The van der Waals surface area contributed by atoms with Gasteiger partial charge in [-0.15, -0.1) is 0 Å². The van der Waals surface area contributed by atoms with Gasteiger partial charge in [-0.05, 0) is 40.8 Å². The monoisotopic (exact) mass is 388 g/mol. The van der Waals surface area contributed by atoms with E-state index < -0.39 is 17.3 Å². The Bertz CT molecular complexity index is 671. The Balaban J connectivity index is 3.20. The first-order chi connectivity index (χ1) is 9.33. The molecule has 0 aliphatic rings. The van der Waals surface area contributed by atoms with Crippen LogP contribution in [0.4, 0.5) is 18.9 Å². The molecule has 1 N–H and O–H groups in total. The van der Waals surface area contributed by atoms with Crippen molar-refractivity contribution < 1.29 is 13.2 Å². The molecule has 1 aromatic rings. The van der Waals surface area contributed by atoms with E-state index in [9.17, 15) is 13.2 Å². The van der Waals surface area contributed by atoms with E-state index in [0.717, 1.165) is 18.2 Å². The van der Waals surface area contributed by atoms with E-state index in [1.54, 1.807) is 28.7 Å². The van der Waals surface area contributed by atoms with Crippen LogP contribution < -0.4 is 5.32 Å². The van der Waals surface area contributed by atoms with Gasteiger partial charge in [0.15, 0.2) is 5.57 Å². The van der Waals surface area contributed by atoms with Crippen LogP contribution in [0.1, 0.15) is 5.56 Å². The fourth-order valence-corrected chi connectivity index (χ4v) is 1.86. The quantitative estimate of drug-likeness (QED) is 0.621. The first-order valence-corrected chi connectivity index (χ1v) is 5.99. The van der Waals surface area contributed by atoms with Crippen molar-refractivity contribution in [2.75, 3.05) is 5.32 Å². The lowest BCUT2D eigenvalue weighted by atomic mass is 10.2. The number of hydrogen-bond acceptors (Lipinski definition) is 4. The van der Waals surface area contributed by atoms with Gasteiger partial charge in [0.1, 0.15) is 23.9 Å². The van der Waals surface area contributed by atoms with Gasteiger partial charge in [-0.25, -0.2) is 0 Å². The number of allylic oxidation sites excluding steroid dienone is 2. The average Bonchev–Trinajstić information content (AvgIpc) is 2.39. The van der Waals surface area contributed by atoms with Gasteiger partial charge >= 0.3 is 6.18 Å². The summed E-state index contributed by atoms with van der Waals surface area (Å²) in [5.74, 6) is 0. The Hall–Kier alpha value is -2.25. The molecule has 0 aliphatic carbocycles. The van der Waals surface area contributed by atoms with Crippen LogP contribution in [0.2, 0.25) is 0 Å². The van der Waals surface area contributed by atoms with Crippen molar-refractivity contribution in [1.29, 1.82) is 15.8 Å². The zero-order valence-electron chi connectivity index (χ0n) is 9.59. The number of hydrogen-bond donors (Lipinski definition) is 1. The Morgan fingerprint density at radius 2 is 1.70 bits per heavy atom. The summed E-state index contributed by atoms with van der Waals surface area (Å²) in [6, 6.07) is 7.56. The number of anilines is 1. The van der Waals surface area contributed by atoms with Crippen LogP contribution in [0, 0.1) is 37.6 Å². The molecule has 0 radical (unpaired) electrons. The van der Waals surface area contributed by atoms with Gasteiger partial charge in [0.2, 0.25) is 0 Å². The highest BCUT2D eigenvalue weighted by molar-refractivity contribution is 14.1. The summed E-state index contributed by atoms with van der Waals surface area (Å²) in [4.78, 5) is 0. The summed E-state index contributed by atoms with van der Waals surface area (Å²) < 4.78 is 37.7. The minimum Gasteiger partial charge on any atom is -0.344 e. The number of nitriles is 3. The smallest absolute Gasteiger partial charge is 0.344 e. The van der Waals surface area contributed by atoms with Crippen molar-refractivity contribution >= 4 is 28.3 Å². The van der Waals surface area contributed by atoms with Crippen molar-refractivity contribution in [3.8, 4) is 18.2 Å². The highest BCUT2D eigenvalue weighted by Crippen LogP contribution is 2.32. The van der Waals surface area contributed by atoms with Gasteiger partial charge in [0.05, 0.1) is 11.3 Å². The minimum absolute atomic E-state index is 0.207. The SMILES string of the molecule is N#CC(C#N)=C(C#N)Nc1ccc(C(F)(F)F)cc1I. The molecule has 4 nitrogen and oxygen atoms in total. The normalized spacial score (nSPS) is 9.85. The summed E-state index contributed by atoms with van der Waals surface area (Å²) in [6.45, 7) is 0. The predicted octanol–water partition coefficient (Wildman–Crippen LogP) is 3.55. The zero-order chi connectivity index (χ0) is 15.3. The topological polar surface area (TPSA) is 83.4 Å². The average molecular weight is 388 g/mol. The molecule has 0 aromatic heterocycles. The lowest BCUT2D eigenvalue weighted by Crippen LogP contribution is -2.07. The first-order valence-electron chi connectivity index (χ1n) is 4.91. The van der Waals surface area contributed by atoms with E-state index in [1.807, 2.05) is 0 Å². The van der Waals surface area contributed by atoms with Crippen molar-refractivity contribution in [2.45, 2.75) is 6.18 Å².